The van der Waals surface area contributed by atoms with Crippen molar-refractivity contribution in [1.82, 2.24) is 10.6 Å². The Morgan fingerprint density at radius 3 is 2.41 bits per heavy atom. The molecule has 0 aromatic heterocycles. The predicted octanol–water partition coefficient (Wildman–Crippen LogP) is 1.44. The Kier molecular flexibility index (Phi) is 4.29. The first-order chi connectivity index (χ1) is 7.75. The SMILES string of the molecule is O=C(NCC[C@H]1CCCN1)C(F)(F)C(F)(F)F. The van der Waals surface area contributed by atoms with Crippen LogP contribution in [0.25, 0.3) is 0 Å². The summed E-state index contributed by atoms with van der Waals surface area (Å²) >= 11 is 0. The van der Waals surface area contributed by atoms with E-state index in [1.54, 1.807) is 5.32 Å². The van der Waals surface area contributed by atoms with Crippen molar-refractivity contribution in [3.8, 4) is 0 Å². The van der Waals surface area contributed by atoms with Gasteiger partial charge in [0.15, 0.2) is 0 Å². The predicted molar refractivity (Wildman–Crippen MR) is 49.7 cm³/mol. The Morgan fingerprint density at radius 2 is 1.94 bits per heavy atom. The van der Waals surface area contributed by atoms with Crippen LogP contribution in [-0.2, 0) is 4.79 Å². The fourth-order valence-electron chi connectivity index (χ4n) is 1.60. The van der Waals surface area contributed by atoms with E-state index in [4.69, 9.17) is 0 Å². The topological polar surface area (TPSA) is 41.1 Å². The molecule has 3 nitrogen and oxygen atoms in total. The van der Waals surface area contributed by atoms with Crippen molar-refractivity contribution in [2.45, 2.75) is 37.4 Å². The number of carbonyl (C=O) groups is 1. The second-order valence-corrected chi connectivity index (χ2v) is 3.91. The number of alkyl halides is 5. The normalized spacial score (nSPS) is 21.6. The van der Waals surface area contributed by atoms with Gasteiger partial charge in [-0.05, 0) is 25.8 Å². The van der Waals surface area contributed by atoms with E-state index in [2.05, 4.69) is 5.32 Å². The Bertz CT molecular complexity index is 273. The molecular weight excluding hydrogens is 247 g/mol. The molecular formula is C9H13F5N2O. The second kappa shape index (κ2) is 5.16. The summed E-state index contributed by atoms with van der Waals surface area (Å²) in [7, 11) is 0. The molecule has 1 aliphatic heterocycles. The number of hydrogen-bond donors (Lipinski definition) is 2. The highest BCUT2D eigenvalue weighted by Crippen LogP contribution is 2.35. The van der Waals surface area contributed by atoms with E-state index in [0.717, 1.165) is 19.4 Å². The lowest BCUT2D eigenvalue weighted by molar-refractivity contribution is -0.269. The van der Waals surface area contributed by atoms with E-state index in [-0.39, 0.29) is 12.6 Å². The lowest BCUT2D eigenvalue weighted by Gasteiger charge is -2.19. The van der Waals surface area contributed by atoms with Gasteiger partial charge in [-0.2, -0.15) is 22.0 Å². The molecule has 1 atom stereocenters. The Balaban J connectivity index is 2.33. The van der Waals surface area contributed by atoms with E-state index in [9.17, 15) is 26.7 Å². The van der Waals surface area contributed by atoms with Gasteiger partial charge in [0.05, 0.1) is 0 Å². The zero-order chi connectivity index (χ0) is 13.1. The first-order valence-corrected chi connectivity index (χ1v) is 5.21. The van der Waals surface area contributed by atoms with Gasteiger partial charge in [0.25, 0.3) is 5.91 Å². The van der Waals surface area contributed by atoms with Gasteiger partial charge in [0, 0.05) is 12.6 Å². The van der Waals surface area contributed by atoms with Gasteiger partial charge in [-0.1, -0.05) is 0 Å². The molecule has 2 N–H and O–H groups in total. The highest BCUT2D eigenvalue weighted by molar-refractivity contribution is 5.84. The summed E-state index contributed by atoms with van der Waals surface area (Å²) in [5, 5.41) is 4.65. The summed E-state index contributed by atoms with van der Waals surface area (Å²) in [5.41, 5.74) is 0. The smallest absolute Gasteiger partial charge is 0.350 e. The van der Waals surface area contributed by atoms with Crippen molar-refractivity contribution < 1.29 is 26.7 Å². The minimum Gasteiger partial charge on any atom is -0.350 e. The number of nitrogens with one attached hydrogen (secondary N) is 2. The molecule has 0 aliphatic carbocycles. The van der Waals surface area contributed by atoms with Crippen LogP contribution >= 0.6 is 0 Å². The van der Waals surface area contributed by atoms with E-state index in [1.165, 1.54) is 0 Å². The summed E-state index contributed by atoms with van der Waals surface area (Å²) < 4.78 is 60.3. The van der Waals surface area contributed by atoms with Gasteiger partial charge in [0.1, 0.15) is 0 Å². The number of halogens is 5. The number of rotatable bonds is 4. The maximum Gasteiger partial charge on any atom is 0.463 e. The van der Waals surface area contributed by atoms with Gasteiger partial charge >= 0.3 is 12.1 Å². The quantitative estimate of drug-likeness (QED) is 0.751. The molecule has 100 valence electrons. The van der Waals surface area contributed by atoms with Crippen LogP contribution in [0.15, 0.2) is 0 Å². The van der Waals surface area contributed by atoms with Crippen LogP contribution in [0.5, 0.6) is 0 Å². The minimum absolute atomic E-state index is 0.0785. The second-order valence-electron chi connectivity index (χ2n) is 3.91. The fourth-order valence-corrected chi connectivity index (χ4v) is 1.60. The number of hydrogen-bond acceptors (Lipinski definition) is 2. The minimum atomic E-state index is -5.84. The van der Waals surface area contributed by atoms with Gasteiger partial charge in [-0.25, -0.2) is 0 Å². The van der Waals surface area contributed by atoms with Crippen molar-refractivity contribution in [2.75, 3.05) is 13.1 Å². The van der Waals surface area contributed by atoms with E-state index >= 15 is 0 Å². The maximum atomic E-state index is 12.5. The van der Waals surface area contributed by atoms with Crippen LogP contribution in [0.4, 0.5) is 22.0 Å². The van der Waals surface area contributed by atoms with Crippen molar-refractivity contribution in [3.63, 3.8) is 0 Å². The molecule has 0 radical (unpaired) electrons. The van der Waals surface area contributed by atoms with E-state index in [1.807, 2.05) is 0 Å². The first kappa shape index (κ1) is 14.1. The van der Waals surface area contributed by atoms with Gasteiger partial charge in [-0.3, -0.25) is 4.79 Å². The molecule has 17 heavy (non-hydrogen) atoms. The summed E-state index contributed by atoms with van der Waals surface area (Å²) in [6, 6.07) is 0.0785. The summed E-state index contributed by atoms with van der Waals surface area (Å²) in [4.78, 5) is 10.7. The zero-order valence-corrected chi connectivity index (χ0v) is 8.91. The first-order valence-electron chi connectivity index (χ1n) is 5.21. The van der Waals surface area contributed by atoms with Crippen molar-refractivity contribution in [3.05, 3.63) is 0 Å². The third kappa shape index (κ3) is 3.52. The fraction of sp³-hybridized carbons (Fsp3) is 0.889. The molecule has 0 aromatic rings. The van der Waals surface area contributed by atoms with E-state index in [0.29, 0.717) is 6.42 Å². The Hall–Kier alpha value is -0.920. The Labute approximate surface area is 94.7 Å². The lowest BCUT2D eigenvalue weighted by atomic mass is 10.1. The summed E-state index contributed by atoms with van der Waals surface area (Å²) in [5.74, 6) is -7.61. The Morgan fingerprint density at radius 1 is 1.29 bits per heavy atom. The molecule has 1 amide bonds. The molecule has 1 fully saturated rings. The van der Waals surface area contributed by atoms with Crippen LogP contribution in [0.3, 0.4) is 0 Å². The average Bonchev–Trinajstić information content (AvgIpc) is 2.68. The van der Waals surface area contributed by atoms with Gasteiger partial charge < -0.3 is 10.6 Å². The molecule has 0 bridgehead atoms. The molecule has 1 rings (SSSR count). The summed E-state index contributed by atoms with van der Waals surface area (Å²) in [6.07, 6.45) is -3.72. The van der Waals surface area contributed by atoms with Gasteiger partial charge in [0.2, 0.25) is 0 Å². The maximum absolute atomic E-state index is 12.5. The molecule has 8 heteroatoms. The third-order valence-corrected chi connectivity index (χ3v) is 2.58. The highest BCUT2D eigenvalue weighted by atomic mass is 19.4. The van der Waals surface area contributed by atoms with Crippen LogP contribution in [0.1, 0.15) is 19.3 Å². The average molecular weight is 260 g/mol. The number of amides is 1. The third-order valence-electron chi connectivity index (χ3n) is 2.58. The van der Waals surface area contributed by atoms with E-state index < -0.39 is 18.0 Å². The molecule has 0 saturated carbocycles. The zero-order valence-electron chi connectivity index (χ0n) is 8.91. The van der Waals surface area contributed by atoms with Crippen LogP contribution in [-0.4, -0.2) is 37.1 Å². The standard InChI is InChI=1S/C9H13F5N2O/c10-8(11,9(12,13)14)7(17)16-5-3-6-2-1-4-15-6/h6,15H,1-5H2,(H,16,17)/t6-/m1/s1. The molecule has 0 unspecified atom stereocenters. The molecule has 0 aromatic carbocycles. The van der Waals surface area contributed by atoms with Crippen LogP contribution in [0.2, 0.25) is 0 Å². The number of carbonyl (C=O) groups excluding carboxylic acids is 1. The summed E-state index contributed by atoms with van der Waals surface area (Å²) in [6.45, 7) is 0.611. The van der Waals surface area contributed by atoms with Gasteiger partial charge in [-0.15, -0.1) is 0 Å². The van der Waals surface area contributed by atoms with Crippen LogP contribution in [0, 0.1) is 0 Å². The largest absolute Gasteiger partial charge is 0.463 e. The van der Waals surface area contributed by atoms with Crippen molar-refractivity contribution in [1.29, 1.82) is 0 Å². The highest BCUT2D eigenvalue weighted by Gasteiger charge is 2.63. The van der Waals surface area contributed by atoms with Crippen molar-refractivity contribution >= 4 is 5.91 Å². The van der Waals surface area contributed by atoms with Crippen molar-refractivity contribution in [2.24, 2.45) is 0 Å². The molecule has 1 saturated heterocycles. The molecule has 1 heterocycles. The van der Waals surface area contributed by atoms with Crippen LogP contribution < -0.4 is 10.6 Å². The lowest BCUT2D eigenvalue weighted by Crippen LogP contribution is -2.50. The molecule has 1 aliphatic rings. The molecule has 0 spiro atoms. The monoisotopic (exact) mass is 260 g/mol.